The third kappa shape index (κ3) is 4.13. The lowest BCUT2D eigenvalue weighted by atomic mass is 10.3. The smallest absolute Gasteiger partial charge is 0.358 e. The minimum absolute atomic E-state index is 0.247. The Kier molecular flexibility index (Phi) is 4.24. The van der Waals surface area contributed by atoms with E-state index in [1.54, 1.807) is 30.3 Å². The number of anilines is 1. The van der Waals surface area contributed by atoms with Crippen molar-refractivity contribution in [2.24, 2.45) is 0 Å². The number of imidazole rings is 1. The number of para-hydroxylation sites is 1. The molecule has 2 aromatic rings. The van der Waals surface area contributed by atoms with E-state index in [4.69, 9.17) is 0 Å². The summed E-state index contributed by atoms with van der Waals surface area (Å²) in [6, 6.07) is 7.93. The zero-order valence-corrected chi connectivity index (χ0v) is 10.7. The van der Waals surface area contributed by atoms with Crippen molar-refractivity contribution in [3.63, 3.8) is 0 Å². The number of carbonyl (C=O) groups excluding carboxylic acids is 2. The van der Waals surface area contributed by atoms with Gasteiger partial charge in [-0.05, 0) is 22.0 Å². The number of amides is 3. The van der Waals surface area contributed by atoms with E-state index < -0.39 is 16.9 Å². The van der Waals surface area contributed by atoms with Gasteiger partial charge in [0.1, 0.15) is 12.7 Å². The molecular weight excluding hydrogens is 278 g/mol. The van der Waals surface area contributed by atoms with Crippen LogP contribution in [-0.4, -0.2) is 26.4 Å². The normalized spacial score (nSPS) is 9.90. The van der Waals surface area contributed by atoms with Crippen LogP contribution in [0.1, 0.15) is 0 Å². The van der Waals surface area contributed by atoms with E-state index in [-0.39, 0.29) is 12.4 Å². The second-order valence-electron chi connectivity index (χ2n) is 4.03. The Morgan fingerprint density at radius 1 is 1.29 bits per heavy atom. The van der Waals surface area contributed by atoms with Crippen LogP contribution in [0.2, 0.25) is 0 Å². The van der Waals surface area contributed by atoms with Gasteiger partial charge < -0.3 is 20.0 Å². The van der Waals surface area contributed by atoms with E-state index >= 15 is 0 Å². The predicted molar refractivity (Wildman–Crippen MR) is 72.5 cm³/mol. The average molecular weight is 289 g/mol. The standard InChI is InChI=1S/C12H11N5O4/c18-11(7-16-6-10(13-8-16)17(20)21)15-12(19)14-9-4-2-1-3-5-9/h1-6,8H,7H2,(H2,14,15,18,19). The van der Waals surface area contributed by atoms with Crippen LogP contribution < -0.4 is 10.6 Å². The molecule has 0 aliphatic heterocycles. The number of nitro groups is 1. The molecule has 0 aliphatic carbocycles. The molecule has 0 bridgehead atoms. The molecule has 0 atom stereocenters. The van der Waals surface area contributed by atoms with Crippen LogP contribution in [-0.2, 0) is 11.3 Å². The molecule has 0 radical (unpaired) electrons. The molecule has 0 unspecified atom stereocenters. The van der Waals surface area contributed by atoms with Gasteiger partial charge in [-0.3, -0.25) is 10.1 Å². The topological polar surface area (TPSA) is 119 Å². The molecule has 1 aromatic carbocycles. The SMILES string of the molecule is O=C(Cn1cnc([N+](=O)[O-])c1)NC(=O)Nc1ccccc1. The third-order valence-electron chi connectivity index (χ3n) is 2.42. The number of rotatable bonds is 4. The zero-order valence-electron chi connectivity index (χ0n) is 10.7. The predicted octanol–water partition coefficient (Wildman–Crippen LogP) is 1.14. The molecule has 0 spiro atoms. The fraction of sp³-hybridized carbons (Fsp3) is 0.0833. The minimum atomic E-state index is -0.680. The molecule has 2 rings (SSSR count). The summed E-state index contributed by atoms with van der Waals surface area (Å²) in [5, 5.41) is 15.0. The van der Waals surface area contributed by atoms with Gasteiger partial charge in [0.05, 0.1) is 0 Å². The number of carbonyl (C=O) groups is 2. The van der Waals surface area contributed by atoms with Crippen molar-refractivity contribution in [1.29, 1.82) is 0 Å². The summed E-state index contributed by atoms with van der Waals surface area (Å²) < 4.78 is 1.21. The molecule has 2 N–H and O–H groups in total. The quantitative estimate of drug-likeness (QED) is 0.646. The first-order valence-corrected chi connectivity index (χ1v) is 5.86. The Morgan fingerprint density at radius 2 is 2.00 bits per heavy atom. The van der Waals surface area contributed by atoms with Crippen LogP contribution in [0, 0.1) is 10.1 Å². The molecule has 9 nitrogen and oxygen atoms in total. The van der Waals surface area contributed by atoms with E-state index in [1.807, 2.05) is 0 Å². The van der Waals surface area contributed by atoms with E-state index in [0.29, 0.717) is 5.69 Å². The number of imide groups is 1. The van der Waals surface area contributed by atoms with E-state index in [0.717, 1.165) is 12.5 Å². The highest BCUT2D eigenvalue weighted by atomic mass is 16.6. The van der Waals surface area contributed by atoms with Crippen molar-refractivity contribution in [3.8, 4) is 0 Å². The Labute approximate surface area is 118 Å². The summed E-state index contributed by atoms with van der Waals surface area (Å²) in [4.78, 5) is 36.4. The van der Waals surface area contributed by atoms with Gasteiger partial charge >= 0.3 is 11.8 Å². The van der Waals surface area contributed by atoms with Gasteiger partial charge in [-0.15, -0.1) is 0 Å². The lowest BCUT2D eigenvalue weighted by Gasteiger charge is -2.06. The molecule has 0 fully saturated rings. The monoisotopic (exact) mass is 289 g/mol. The molecule has 1 heterocycles. The summed E-state index contributed by atoms with van der Waals surface area (Å²) in [7, 11) is 0. The number of benzene rings is 1. The number of nitrogens with zero attached hydrogens (tertiary/aromatic N) is 3. The first-order chi connectivity index (χ1) is 10.0. The minimum Gasteiger partial charge on any atom is -0.358 e. The second-order valence-corrected chi connectivity index (χ2v) is 4.03. The summed E-state index contributed by atoms with van der Waals surface area (Å²) in [6.07, 6.45) is 2.25. The van der Waals surface area contributed by atoms with E-state index in [2.05, 4.69) is 15.6 Å². The Bertz CT molecular complexity index is 667. The molecule has 0 aliphatic rings. The van der Waals surface area contributed by atoms with Crippen molar-refractivity contribution >= 4 is 23.4 Å². The van der Waals surface area contributed by atoms with Crippen molar-refractivity contribution < 1.29 is 14.5 Å². The van der Waals surface area contributed by atoms with Crippen molar-refractivity contribution in [2.45, 2.75) is 6.54 Å². The summed E-state index contributed by atoms with van der Waals surface area (Å²) in [6.45, 7) is -0.247. The van der Waals surface area contributed by atoms with E-state index in [1.165, 1.54) is 4.57 Å². The lowest BCUT2D eigenvalue weighted by Crippen LogP contribution is -2.36. The van der Waals surface area contributed by atoms with Gasteiger partial charge in [0, 0.05) is 5.69 Å². The summed E-state index contributed by atoms with van der Waals surface area (Å²) >= 11 is 0. The first-order valence-electron chi connectivity index (χ1n) is 5.86. The fourth-order valence-corrected chi connectivity index (χ4v) is 1.54. The fourth-order valence-electron chi connectivity index (χ4n) is 1.54. The maximum absolute atomic E-state index is 11.6. The molecule has 9 heteroatoms. The highest BCUT2D eigenvalue weighted by Crippen LogP contribution is 2.06. The van der Waals surface area contributed by atoms with Crippen LogP contribution >= 0.6 is 0 Å². The number of urea groups is 1. The molecule has 108 valence electrons. The van der Waals surface area contributed by atoms with Crippen LogP contribution in [0.15, 0.2) is 42.9 Å². The lowest BCUT2D eigenvalue weighted by molar-refractivity contribution is -0.389. The number of hydrogen-bond donors (Lipinski definition) is 2. The van der Waals surface area contributed by atoms with Crippen LogP contribution in [0.4, 0.5) is 16.3 Å². The maximum atomic E-state index is 11.6. The Morgan fingerprint density at radius 3 is 2.62 bits per heavy atom. The van der Waals surface area contributed by atoms with Crippen LogP contribution in [0.5, 0.6) is 0 Å². The molecule has 0 saturated carbocycles. The molecule has 3 amide bonds. The summed E-state index contributed by atoms with van der Waals surface area (Å²) in [5.41, 5.74) is 0.543. The highest BCUT2D eigenvalue weighted by molar-refractivity contribution is 6.01. The van der Waals surface area contributed by atoms with Crippen molar-refractivity contribution in [1.82, 2.24) is 14.9 Å². The van der Waals surface area contributed by atoms with Crippen LogP contribution in [0.3, 0.4) is 0 Å². The van der Waals surface area contributed by atoms with E-state index in [9.17, 15) is 19.7 Å². The molecular formula is C12H11N5O4. The van der Waals surface area contributed by atoms with Gasteiger partial charge in [0.2, 0.25) is 12.2 Å². The molecule has 1 aromatic heterocycles. The molecule has 21 heavy (non-hydrogen) atoms. The number of hydrogen-bond acceptors (Lipinski definition) is 5. The highest BCUT2D eigenvalue weighted by Gasteiger charge is 2.13. The third-order valence-corrected chi connectivity index (χ3v) is 2.42. The van der Waals surface area contributed by atoms with Gasteiger partial charge in [0.15, 0.2) is 0 Å². The van der Waals surface area contributed by atoms with Gasteiger partial charge in [-0.1, -0.05) is 18.2 Å². The van der Waals surface area contributed by atoms with Gasteiger partial charge in [-0.25, -0.2) is 4.79 Å². The largest absolute Gasteiger partial charge is 0.381 e. The van der Waals surface area contributed by atoms with Crippen LogP contribution in [0.25, 0.3) is 0 Å². The number of nitrogens with one attached hydrogen (secondary N) is 2. The molecule has 0 saturated heterocycles. The second kappa shape index (κ2) is 6.28. The number of aromatic nitrogens is 2. The average Bonchev–Trinajstić information content (AvgIpc) is 2.88. The Hall–Kier alpha value is -3.23. The first kappa shape index (κ1) is 14.2. The van der Waals surface area contributed by atoms with Crippen molar-refractivity contribution in [2.75, 3.05) is 5.32 Å². The Balaban J connectivity index is 1.86. The van der Waals surface area contributed by atoms with Gasteiger partial charge in [0.25, 0.3) is 0 Å². The maximum Gasteiger partial charge on any atom is 0.381 e. The van der Waals surface area contributed by atoms with Gasteiger partial charge in [-0.2, -0.15) is 0 Å². The summed E-state index contributed by atoms with van der Waals surface area (Å²) in [5.74, 6) is -0.979. The zero-order chi connectivity index (χ0) is 15.2. The van der Waals surface area contributed by atoms with Crippen molar-refractivity contribution in [3.05, 3.63) is 53.0 Å².